The summed E-state index contributed by atoms with van der Waals surface area (Å²) in [7, 11) is 0. The standard InChI is InChI=1S/C9H11FN2O.Y/c1-5-3-6(2)9(10)12-7(5)4-8(11)13;/h3H,4H2,1-2H3,(H2,11,13);/p-1. The summed E-state index contributed by atoms with van der Waals surface area (Å²) in [4.78, 5) is 14.1. The van der Waals surface area contributed by atoms with Crippen LogP contribution >= 0.6 is 0 Å². The molecule has 3 nitrogen and oxygen atoms in total. The monoisotopic (exact) mass is 270 g/mol. The van der Waals surface area contributed by atoms with Gasteiger partial charge in [-0.25, -0.2) is 4.98 Å². The smallest absolute Gasteiger partial charge is 0.216 e. The van der Waals surface area contributed by atoms with Gasteiger partial charge in [-0.2, -0.15) is 4.39 Å². The number of aromatic nitrogens is 1. The van der Waals surface area contributed by atoms with Crippen LogP contribution in [-0.4, -0.2) is 10.9 Å². The second-order valence-corrected chi connectivity index (χ2v) is 2.96. The van der Waals surface area contributed by atoms with Gasteiger partial charge in [0.25, 0.3) is 0 Å². The Bertz CT molecular complexity index is 355. The molecule has 1 radical (unpaired) electrons. The van der Waals surface area contributed by atoms with E-state index >= 15 is 0 Å². The number of pyridine rings is 1. The molecule has 5 heteroatoms. The summed E-state index contributed by atoms with van der Waals surface area (Å²) in [5.74, 6) is -1.32. The molecule has 0 saturated heterocycles. The van der Waals surface area contributed by atoms with E-state index in [0.29, 0.717) is 11.3 Å². The summed E-state index contributed by atoms with van der Waals surface area (Å²) in [6.45, 7) is 3.36. The molecule has 0 aliphatic heterocycles. The Balaban J connectivity index is 0.00000169. The number of amides is 1. The zero-order valence-electron chi connectivity index (χ0n) is 8.10. The number of hydrogen-bond acceptors (Lipinski definition) is 2. The topological polar surface area (TPSA) is 53.8 Å². The van der Waals surface area contributed by atoms with Crippen LogP contribution in [0.4, 0.5) is 4.39 Å². The Labute approximate surface area is 107 Å². The van der Waals surface area contributed by atoms with Gasteiger partial charge in [0, 0.05) is 44.7 Å². The van der Waals surface area contributed by atoms with Crippen molar-refractivity contribution in [3.63, 3.8) is 0 Å². The fourth-order valence-corrected chi connectivity index (χ4v) is 1.09. The van der Waals surface area contributed by atoms with E-state index in [4.69, 9.17) is 5.73 Å². The number of carbonyl (C=O) groups is 1. The average molecular weight is 270 g/mol. The summed E-state index contributed by atoms with van der Waals surface area (Å²) in [5, 5.41) is 0. The molecule has 0 atom stereocenters. The first-order valence-corrected chi connectivity index (χ1v) is 3.87. The predicted octanol–water partition coefficient (Wildman–Crippen LogP) is 1.96. The van der Waals surface area contributed by atoms with E-state index in [0.717, 1.165) is 5.56 Å². The zero-order valence-corrected chi connectivity index (χ0v) is 10.9. The number of rotatable bonds is 2. The van der Waals surface area contributed by atoms with Crippen molar-refractivity contribution >= 4 is 5.91 Å². The molecule has 0 aliphatic rings. The normalized spacial score (nSPS) is 9.36. The van der Waals surface area contributed by atoms with Crippen LogP contribution in [-0.2, 0) is 43.9 Å². The van der Waals surface area contributed by atoms with Crippen molar-refractivity contribution in [3.05, 3.63) is 34.6 Å². The van der Waals surface area contributed by atoms with Crippen molar-refractivity contribution in [1.29, 1.82) is 0 Å². The minimum atomic E-state index is -0.751. The molecule has 0 aliphatic carbocycles. The molecular weight excluding hydrogens is 260 g/mol. The molecule has 0 aromatic carbocycles. The van der Waals surface area contributed by atoms with Gasteiger partial charge in [0.05, 0.1) is 11.6 Å². The van der Waals surface area contributed by atoms with Gasteiger partial charge in [0.1, 0.15) is 0 Å². The van der Waals surface area contributed by atoms with Crippen LogP contribution in [0.2, 0.25) is 0 Å². The van der Waals surface area contributed by atoms with Gasteiger partial charge < -0.3 is 10.5 Å². The number of aryl methyl sites for hydroxylation is 2. The maximum absolute atomic E-state index is 12.9. The Morgan fingerprint density at radius 2 is 2.07 bits per heavy atom. The van der Waals surface area contributed by atoms with Gasteiger partial charge in [-0.05, 0) is 19.4 Å². The molecule has 1 heterocycles. The molecule has 0 fully saturated rings. The molecule has 1 rings (SSSR count). The van der Waals surface area contributed by atoms with Gasteiger partial charge in [0.15, 0.2) is 0 Å². The van der Waals surface area contributed by atoms with Crippen LogP contribution in [0.3, 0.4) is 0 Å². The van der Waals surface area contributed by atoms with E-state index < -0.39 is 11.9 Å². The fraction of sp³-hybridized carbons (Fsp3) is 0.333. The van der Waals surface area contributed by atoms with E-state index in [2.05, 4.69) is 4.98 Å². The molecule has 0 saturated carbocycles. The summed E-state index contributed by atoms with van der Waals surface area (Å²) < 4.78 is 12.9. The van der Waals surface area contributed by atoms with Crippen molar-refractivity contribution in [2.24, 2.45) is 0 Å². The zero-order chi connectivity index (χ0) is 10.0. The van der Waals surface area contributed by atoms with E-state index in [1.54, 1.807) is 19.9 Å². The Hall–Kier alpha value is -0.346. The van der Waals surface area contributed by atoms with Crippen molar-refractivity contribution in [1.82, 2.24) is 4.98 Å². The first-order valence-electron chi connectivity index (χ1n) is 3.87. The van der Waals surface area contributed by atoms with Crippen molar-refractivity contribution in [2.75, 3.05) is 0 Å². The third-order valence-electron chi connectivity index (χ3n) is 1.77. The molecular formula is C9H10FN2OY-. The summed E-state index contributed by atoms with van der Waals surface area (Å²) in [5.41, 5.74) is 8.29. The molecule has 14 heavy (non-hydrogen) atoms. The molecule has 0 spiro atoms. The molecule has 0 unspecified atom stereocenters. The molecule has 0 bridgehead atoms. The van der Waals surface area contributed by atoms with E-state index in [-0.39, 0.29) is 39.1 Å². The number of carbonyl (C=O) groups excluding carboxylic acids is 1. The number of nitrogens with one attached hydrogen (secondary N) is 1. The van der Waals surface area contributed by atoms with Crippen LogP contribution in [0.15, 0.2) is 6.07 Å². The van der Waals surface area contributed by atoms with Crippen LogP contribution in [0.1, 0.15) is 16.8 Å². The number of hydrogen-bond donors (Lipinski definition) is 0. The van der Waals surface area contributed by atoms with Crippen LogP contribution < -0.4 is 0 Å². The number of nitrogens with zero attached hydrogens (tertiary/aromatic N) is 1. The van der Waals surface area contributed by atoms with Gasteiger partial charge in [-0.1, -0.05) is 6.07 Å². The Morgan fingerprint density at radius 1 is 1.50 bits per heavy atom. The maximum Gasteiger partial charge on any atom is 0.216 e. The molecule has 73 valence electrons. The maximum atomic E-state index is 12.9. The van der Waals surface area contributed by atoms with E-state index in [1.807, 2.05) is 0 Å². The largest absolute Gasteiger partial charge is 0.667 e. The number of halogens is 1. The van der Waals surface area contributed by atoms with Crippen molar-refractivity contribution < 1.29 is 41.9 Å². The molecule has 1 N–H and O–H groups in total. The first-order chi connectivity index (χ1) is 6.00. The Morgan fingerprint density at radius 3 is 2.57 bits per heavy atom. The van der Waals surface area contributed by atoms with Crippen LogP contribution in [0.25, 0.3) is 5.73 Å². The second kappa shape index (κ2) is 5.51. The quantitative estimate of drug-likeness (QED) is 0.771. The average Bonchev–Trinajstić information content (AvgIpc) is 1.99. The Kier molecular flexibility index (Phi) is 5.38. The summed E-state index contributed by atoms with van der Waals surface area (Å²) in [6.07, 6.45) is -0.122. The van der Waals surface area contributed by atoms with Crippen LogP contribution in [0.5, 0.6) is 0 Å². The van der Waals surface area contributed by atoms with Gasteiger partial charge in [-0.15, -0.1) is 0 Å². The first kappa shape index (κ1) is 13.7. The summed E-state index contributed by atoms with van der Waals surface area (Å²) >= 11 is 0. The van der Waals surface area contributed by atoms with Crippen molar-refractivity contribution in [3.8, 4) is 0 Å². The van der Waals surface area contributed by atoms with Crippen LogP contribution in [0, 0.1) is 19.8 Å². The van der Waals surface area contributed by atoms with E-state index in [1.165, 1.54) is 0 Å². The third-order valence-corrected chi connectivity index (χ3v) is 1.77. The minimum absolute atomic E-state index is 0. The fourth-order valence-electron chi connectivity index (χ4n) is 1.09. The molecule has 1 aromatic rings. The molecule has 1 amide bonds. The minimum Gasteiger partial charge on any atom is -0.667 e. The van der Waals surface area contributed by atoms with Gasteiger partial charge in [-0.3, -0.25) is 0 Å². The SMILES string of the molecule is Cc1cc(C)c(CC([NH-])=O)nc1F.[Y]. The third kappa shape index (κ3) is 3.42. The predicted molar refractivity (Wildman–Crippen MR) is 46.7 cm³/mol. The summed E-state index contributed by atoms with van der Waals surface area (Å²) in [6, 6.07) is 1.63. The van der Waals surface area contributed by atoms with Gasteiger partial charge in [0.2, 0.25) is 5.95 Å². The van der Waals surface area contributed by atoms with Gasteiger partial charge >= 0.3 is 0 Å². The van der Waals surface area contributed by atoms with E-state index in [9.17, 15) is 9.18 Å². The van der Waals surface area contributed by atoms with Crippen molar-refractivity contribution in [2.45, 2.75) is 20.3 Å². The second-order valence-electron chi connectivity index (χ2n) is 2.96. The molecule has 1 aromatic heterocycles.